The molecular formula is C11H17NO2. The maximum absolute atomic E-state index is 11.0. The van der Waals surface area contributed by atoms with Gasteiger partial charge in [-0.1, -0.05) is 0 Å². The normalized spacial score (nSPS) is 49.4. The quantitative estimate of drug-likeness (QED) is 0.589. The maximum Gasteiger partial charge on any atom is 0.304 e. The minimum absolute atomic E-state index is 0.111. The van der Waals surface area contributed by atoms with E-state index in [1.165, 1.54) is 26.2 Å². The summed E-state index contributed by atoms with van der Waals surface area (Å²) in [5.41, 5.74) is 0. The molecule has 0 amide bonds. The monoisotopic (exact) mass is 195 g/mol. The van der Waals surface area contributed by atoms with Gasteiger partial charge in [0.25, 0.3) is 0 Å². The molecular weight excluding hydrogens is 178 g/mol. The summed E-state index contributed by atoms with van der Waals surface area (Å²) in [4.78, 5) is 13.4. The van der Waals surface area contributed by atoms with Crippen molar-refractivity contribution < 1.29 is 9.53 Å². The molecule has 78 valence electrons. The van der Waals surface area contributed by atoms with Crippen molar-refractivity contribution in [2.75, 3.05) is 13.1 Å². The van der Waals surface area contributed by atoms with Gasteiger partial charge in [-0.2, -0.15) is 0 Å². The number of nitrogens with zero attached hydrogens (tertiary/aromatic N) is 1. The number of ether oxygens (including phenoxy) is 1. The number of hydrogen-bond acceptors (Lipinski definition) is 3. The van der Waals surface area contributed by atoms with Gasteiger partial charge in [-0.05, 0) is 31.1 Å². The van der Waals surface area contributed by atoms with Crippen LogP contribution in [0.15, 0.2) is 0 Å². The van der Waals surface area contributed by atoms with Crippen LogP contribution >= 0.6 is 0 Å². The topological polar surface area (TPSA) is 29.5 Å². The molecule has 0 aromatic heterocycles. The molecule has 14 heavy (non-hydrogen) atoms. The third kappa shape index (κ3) is 1.26. The van der Waals surface area contributed by atoms with Gasteiger partial charge in [-0.25, -0.2) is 0 Å². The summed E-state index contributed by atoms with van der Waals surface area (Å²) in [6.45, 7) is 3.84. The van der Waals surface area contributed by atoms with Crippen molar-refractivity contribution in [2.45, 2.75) is 32.4 Å². The number of piperidine rings is 3. The van der Waals surface area contributed by atoms with Gasteiger partial charge in [0.1, 0.15) is 0 Å². The summed E-state index contributed by atoms with van der Waals surface area (Å²) in [7, 11) is 0. The van der Waals surface area contributed by atoms with E-state index >= 15 is 0 Å². The van der Waals surface area contributed by atoms with E-state index in [-0.39, 0.29) is 12.2 Å². The van der Waals surface area contributed by atoms with Crippen molar-refractivity contribution in [1.82, 2.24) is 4.90 Å². The Morgan fingerprint density at radius 2 is 1.86 bits per heavy atom. The lowest BCUT2D eigenvalue weighted by molar-refractivity contribution is -0.194. The van der Waals surface area contributed by atoms with Crippen molar-refractivity contribution in [3.63, 3.8) is 0 Å². The Morgan fingerprint density at radius 1 is 1.21 bits per heavy atom. The fourth-order valence-corrected chi connectivity index (χ4v) is 3.73. The van der Waals surface area contributed by atoms with E-state index in [2.05, 4.69) is 4.90 Å². The molecule has 4 rings (SSSR count). The van der Waals surface area contributed by atoms with Crippen LogP contribution in [0.2, 0.25) is 0 Å². The van der Waals surface area contributed by atoms with E-state index in [0.29, 0.717) is 5.92 Å². The zero-order valence-corrected chi connectivity index (χ0v) is 8.61. The largest absolute Gasteiger partial charge is 0.446 e. The highest BCUT2D eigenvalue weighted by Crippen LogP contribution is 2.46. The summed E-state index contributed by atoms with van der Waals surface area (Å²) in [6.07, 6.45) is 4.09. The number of carbonyl (C=O) groups is 1. The van der Waals surface area contributed by atoms with Gasteiger partial charge in [0.2, 0.25) is 0 Å². The minimum atomic E-state index is -0.123. The molecule has 1 saturated carbocycles. The third-order valence-corrected chi connectivity index (χ3v) is 3.97. The van der Waals surface area contributed by atoms with Gasteiger partial charge in [-0.15, -0.1) is 0 Å². The van der Waals surface area contributed by atoms with Gasteiger partial charge in [0.15, 0.2) is 6.23 Å². The fourth-order valence-electron chi connectivity index (χ4n) is 3.73. The second kappa shape index (κ2) is 2.96. The molecule has 1 aliphatic carbocycles. The van der Waals surface area contributed by atoms with E-state index < -0.39 is 0 Å². The van der Waals surface area contributed by atoms with Crippen LogP contribution in [0.5, 0.6) is 0 Å². The maximum atomic E-state index is 11.0. The predicted octanol–water partition coefficient (Wildman–Crippen LogP) is 1.24. The standard InChI is InChI=1S/C11H17NO2/c1-7(13)14-11-10-3-8-2-9(4-10)6-12(11)5-8/h8-11H,2-6H2,1H3. The molecule has 0 aromatic carbocycles. The number of carbonyl (C=O) groups excluding carboxylic acids is 1. The summed E-state index contributed by atoms with van der Waals surface area (Å²) in [5, 5.41) is 0. The van der Waals surface area contributed by atoms with Crippen LogP contribution in [-0.2, 0) is 9.53 Å². The highest BCUT2D eigenvalue weighted by atomic mass is 16.6. The molecule has 3 saturated heterocycles. The summed E-state index contributed by atoms with van der Waals surface area (Å²) < 4.78 is 5.41. The zero-order valence-electron chi connectivity index (χ0n) is 8.61. The van der Waals surface area contributed by atoms with Crippen LogP contribution in [-0.4, -0.2) is 30.2 Å². The van der Waals surface area contributed by atoms with Gasteiger partial charge in [0.05, 0.1) is 0 Å². The average molecular weight is 195 g/mol. The van der Waals surface area contributed by atoms with Gasteiger partial charge >= 0.3 is 5.97 Å². The Kier molecular flexibility index (Phi) is 1.84. The van der Waals surface area contributed by atoms with Gasteiger partial charge < -0.3 is 4.74 Å². The molecule has 4 bridgehead atoms. The number of esters is 1. The molecule has 3 atom stereocenters. The van der Waals surface area contributed by atoms with Crippen molar-refractivity contribution in [3.05, 3.63) is 0 Å². The smallest absolute Gasteiger partial charge is 0.304 e. The van der Waals surface area contributed by atoms with E-state index in [4.69, 9.17) is 4.74 Å². The highest BCUT2D eigenvalue weighted by Gasteiger charge is 2.48. The second-order valence-corrected chi connectivity index (χ2v) is 5.15. The summed E-state index contributed by atoms with van der Waals surface area (Å²) >= 11 is 0. The fraction of sp³-hybridized carbons (Fsp3) is 0.909. The Hall–Kier alpha value is -0.570. The van der Waals surface area contributed by atoms with E-state index in [1.54, 1.807) is 0 Å². The minimum Gasteiger partial charge on any atom is -0.446 e. The molecule has 0 aromatic rings. The molecule has 3 aliphatic heterocycles. The average Bonchev–Trinajstić information content (AvgIpc) is 2.09. The molecule has 3 unspecified atom stereocenters. The van der Waals surface area contributed by atoms with Crippen molar-refractivity contribution >= 4 is 5.97 Å². The molecule has 4 aliphatic rings. The molecule has 0 spiro atoms. The Morgan fingerprint density at radius 3 is 2.36 bits per heavy atom. The van der Waals surface area contributed by atoms with E-state index in [9.17, 15) is 4.79 Å². The second-order valence-electron chi connectivity index (χ2n) is 5.15. The van der Waals surface area contributed by atoms with Crippen LogP contribution < -0.4 is 0 Å². The van der Waals surface area contributed by atoms with Crippen LogP contribution in [0, 0.1) is 17.8 Å². The summed E-state index contributed by atoms with van der Waals surface area (Å²) in [5.74, 6) is 2.28. The lowest BCUT2D eigenvalue weighted by Gasteiger charge is -2.55. The van der Waals surface area contributed by atoms with E-state index in [1.807, 2.05) is 0 Å². The van der Waals surface area contributed by atoms with Crippen LogP contribution in [0.1, 0.15) is 26.2 Å². The highest BCUT2D eigenvalue weighted by molar-refractivity contribution is 5.66. The SMILES string of the molecule is CC(=O)OC1C2CC3CC(C2)CN1C3. The first-order chi connectivity index (χ1) is 6.72. The first-order valence-electron chi connectivity index (χ1n) is 5.63. The van der Waals surface area contributed by atoms with Crippen LogP contribution in [0.25, 0.3) is 0 Å². The molecule has 3 nitrogen and oxygen atoms in total. The first kappa shape index (κ1) is 8.72. The molecule has 0 radical (unpaired) electrons. The lowest BCUT2D eigenvalue weighted by Crippen LogP contribution is -2.60. The Labute approximate surface area is 84.4 Å². The zero-order chi connectivity index (χ0) is 9.71. The molecule has 0 N–H and O–H groups in total. The van der Waals surface area contributed by atoms with Crippen molar-refractivity contribution in [2.24, 2.45) is 17.8 Å². The van der Waals surface area contributed by atoms with Crippen molar-refractivity contribution in [3.8, 4) is 0 Å². The number of hydrogen-bond donors (Lipinski definition) is 0. The van der Waals surface area contributed by atoms with Gasteiger partial charge in [-0.3, -0.25) is 9.69 Å². The van der Waals surface area contributed by atoms with Crippen LogP contribution in [0.3, 0.4) is 0 Å². The predicted molar refractivity (Wildman–Crippen MR) is 51.4 cm³/mol. The first-order valence-corrected chi connectivity index (χ1v) is 5.63. The lowest BCUT2D eigenvalue weighted by atomic mass is 9.67. The van der Waals surface area contributed by atoms with Crippen LogP contribution in [0.4, 0.5) is 0 Å². The third-order valence-electron chi connectivity index (χ3n) is 3.97. The molecule has 3 heteroatoms. The Bertz CT molecular complexity index is 236. The van der Waals surface area contributed by atoms with E-state index in [0.717, 1.165) is 24.9 Å². The Balaban J connectivity index is 1.77. The molecule has 4 fully saturated rings. The summed E-state index contributed by atoms with van der Waals surface area (Å²) in [6, 6.07) is 0. The van der Waals surface area contributed by atoms with Crippen molar-refractivity contribution in [1.29, 1.82) is 0 Å². The number of rotatable bonds is 1. The van der Waals surface area contributed by atoms with Gasteiger partial charge in [0, 0.05) is 25.9 Å². The molecule has 3 heterocycles.